The molecule has 2 aromatic heterocycles. The number of para-hydroxylation sites is 1. The lowest BCUT2D eigenvalue weighted by atomic mass is 9.91. The third-order valence-electron chi connectivity index (χ3n) is 5.13. The van der Waals surface area contributed by atoms with Crippen molar-refractivity contribution in [3.63, 3.8) is 0 Å². The molecule has 5 heteroatoms. The van der Waals surface area contributed by atoms with Crippen LogP contribution >= 0.6 is 0 Å². The van der Waals surface area contributed by atoms with E-state index >= 15 is 0 Å². The van der Waals surface area contributed by atoms with Crippen LogP contribution in [0.5, 0.6) is 0 Å². The van der Waals surface area contributed by atoms with Crippen molar-refractivity contribution in [1.29, 1.82) is 0 Å². The van der Waals surface area contributed by atoms with Gasteiger partial charge in [0.05, 0.1) is 11.6 Å². The Bertz CT molecular complexity index is 1020. The van der Waals surface area contributed by atoms with Gasteiger partial charge in [-0.2, -0.15) is 0 Å². The Morgan fingerprint density at radius 3 is 2.96 bits per heavy atom. The number of rotatable bonds is 4. The Hall–Kier alpha value is -2.82. The van der Waals surface area contributed by atoms with Gasteiger partial charge in [0, 0.05) is 35.4 Å². The Morgan fingerprint density at radius 1 is 1.27 bits per heavy atom. The number of amides is 1. The summed E-state index contributed by atoms with van der Waals surface area (Å²) in [6.45, 7) is 3.02. The Balaban J connectivity index is 1.66. The lowest BCUT2D eigenvalue weighted by molar-refractivity contribution is 0.0934. The van der Waals surface area contributed by atoms with Crippen LogP contribution in [-0.4, -0.2) is 15.5 Å². The zero-order valence-electron chi connectivity index (χ0n) is 14.9. The van der Waals surface area contributed by atoms with Crippen LogP contribution in [0.3, 0.4) is 0 Å². The molecule has 2 heterocycles. The molecule has 0 bridgehead atoms. The molecule has 3 aromatic rings. The SMILES string of the molecule is CCCn1cc(C(=O)N[C@H]2CCCc3[nH]c(=O)ccc32)c2ccccc21. The van der Waals surface area contributed by atoms with Crippen molar-refractivity contribution in [2.45, 2.75) is 45.2 Å². The Kier molecular flexibility index (Phi) is 4.37. The molecular formula is C21H23N3O2. The largest absolute Gasteiger partial charge is 0.347 e. The minimum atomic E-state index is -0.0848. The number of hydrogen-bond donors (Lipinski definition) is 2. The number of aromatic nitrogens is 2. The van der Waals surface area contributed by atoms with Crippen LogP contribution in [0.25, 0.3) is 10.9 Å². The molecule has 0 spiro atoms. The lowest BCUT2D eigenvalue weighted by Gasteiger charge is -2.25. The van der Waals surface area contributed by atoms with Crippen molar-refractivity contribution in [2.24, 2.45) is 0 Å². The van der Waals surface area contributed by atoms with Crippen molar-refractivity contribution >= 4 is 16.8 Å². The number of nitrogens with one attached hydrogen (secondary N) is 2. The van der Waals surface area contributed by atoms with Crippen LogP contribution < -0.4 is 10.9 Å². The summed E-state index contributed by atoms with van der Waals surface area (Å²) >= 11 is 0. The highest BCUT2D eigenvalue weighted by atomic mass is 16.1. The molecule has 5 nitrogen and oxygen atoms in total. The van der Waals surface area contributed by atoms with Gasteiger partial charge in [0.2, 0.25) is 5.56 Å². The van der Waals surface area contributed by atoms with E-state index in [0.29, 0.717) is 5.56 Å². The fourth-order valence-electron chi connectivity index (χ4n) is 3.94. The number of aryl methyl sites for hydroxylation is 2. The topological polar surface area (TPSA) is 66.9 Å². The van der Waals surface area contributed by atoms with Crippen LogP contribution in [0.1, 0.15) is 53.8 Å². The number of benzene rings is 1. The highest BCUT2D eigenvalue weighted by Crippen LogP contribution is 2.29. The number of aromatic amines is 1. The maximum Gasteiger partial charge on any atom is 0.253 e. The van der Waals surface area contributed by atoms with Crippen molar-refractivity contribution in [3.05, 3.63) is 69.8 Å². The number of fused-ring (bicyclic) bond motifs is 2. The predicted molar refractivity (Wildman–Crippen MR) is 102 cm³/mol. The van der Waals surface area contributed by atoms with Crippen molar-refractivity contribution < 1.29 is 4.79 Å². The second-order valence-electron chi connectivity index (χ2n) is 6.93. The summed E-state index contributed by atoms with van der Waals surface area (Å²) in [5.74, 6) is -0.0555. The normalized spacial score (nSPS) is 16.4. The van der Waals surface area contributed by atoms with Gasteiger partial charge in [-0.1, -0.05) is 25.1 Å². The molecule has 0 saturated carbocycles. The summed E-state index contributed by atoms with van der Waals surface area (Å²) in [5.41, 5.74) is 3.70. The summed E-state index contributed by atoms with van der Waals surface area (Å²) in [6, 6.07) is 11.4. The van der Waals surface area contributed by atoms with Gasteiger partial charge in [-0.25, -0.2) is 0 Å². The van der Waals surface area contributed by atoms with E-state index in [1.54, 1.807) is 0 Å². The minimum Gasteiger partial charge on any atom is -0.347 e. The maximum atomic E-state index is 13.0. The van der Waals surface area contributed by atoms with Gasteiger partial charge < -0.3 is 14.9 Å². The van der Waals surface area contributed by atoms with E-state index in [9.17, 15) is 9.59 Å². The molecule has 0 saturated heterocycles. The highest BCUT2D eigenvalue weighted by Gasteiger charge is 2.24. The second kappa shape index (κ2) is 6.83. The van der Waals surface area contributed by atoms with Crippen LogP contribution in [0.4, 0.5) is 0 Å². The van der Waals surface area contributed by atoms with Crippen molar-refractivity contribution in [2.75, 3.05) is 0 Å². The van der Waals surface area contributed by atoms with Crippen molar-refractivity contribution in [3.8, 4) is 0 Å². The first kappa shape index (κ1) is 16.6. The monoisotopic (exact) mass is 349 g/mol. The third kappa shape index (κ3) is 2.94. The van der Waals surface area contributed by atoms with Gasteiger partial charge >= 0.3 is 0 Å². The van der Waals surface area contributed by atoms with Gasteiger partial charge in [0.25, 0.3) is 5.91 Å². The molecule has 1 aliphatic carbocycles. The summed E-state index contributed by atoms with van der Waals surface area (Å²) in [5, 5.41) is 4.17. The number of pyridine rings is 1. The van der Waals surface area contributed by atoms with E-state index in [2.05, 4.69) is 27.9 Å². The molecule has 26 heavy (non-hydrogen) atoms. The first-order chi connectivity index (χ1) is 12.7. The Labute approximate surface area is 152 Å². The fraction of sp³-hybridized carbons (Fsp3) is 0.333. The lowest BCUT2D eigenvalue weighted by Crippen LogP contribution is -2.32. The van der Waals surface area contributed by atoms with Gasteiger partial charge in [0.1, 0.15) is 0 Å². The van der Waals surface area contributed by atoms with Crippen LogP contribution in [0.2, 0.25) is 0 Å². The zero-order chi connectivity index (χ0) is 18.1. The zero-order valence-corrected chi connectivity index (χ0v) is 14.9. The average Bonchev–Trinajstić information content (AvgIpc) is 3.01. The molecule has 1 amide bonds. The molecule has 4 rings (SSSR count). The molecule has 134 valence electrons. The molecule has 1 atom stereocenters. The minimum absolute atomic E-state index is 0.0555. The number of hydrogen-bond acceptors (Lipinski definition) is 2. The number of carbonyl (C=O) groups excluding carboxylic acids is 1. The average molecular weight is 349 g/mol. The summed E-state index contributed by atoms with van der Waals surface area (Å²) in [6.07, 6.45) is 5.67. The quantitative estimate of drug-likeness (QED) is 0.756. The van der Waals surface area contributed by atoms with Gasteiger partial charge in [-0.05, 0) is 43.4 Å². The third-order valence-corrected chi connectivity index (χ3v) is 5.13. The van der Waals surface area contributed by atoms with Gasteiger partial charge in [0.15, 0.2) is 0 Å². The molecule has 0 unspecified atom stereocenters. The van der Waals surface area contributed by atoms with Crippen molar-refractivity contribution in [1.82, 2.24) is 14.9 Å². The van der Waals surface area contributed by atoms with E-state index < -0.39 is 0 Å². The van der Waals surface area contributed by atoms with E-state index in [4.69, 9.17) is 0 Å². The summed E-state index contributed by atoms with van der Waals surface area (Å²) in [7, 11) is 0. The highest BCUT2D eigenvalue weighted by molar-refractivity contribution is 6.07. The molecule has 1 aromatic carbocycles. The van der Waals surface area contributed by atoms with Crippen LogP contribution in [-0.2, 0) is 13.0 Å². The number of H-pyrrole nitrogens is 1. The molecular weight excluding hydrogens is 326 g/mol. The van der Waals surface area contributed by atoms with E-state index in [1.165, 1.54) is 6.07 Å². The van der Waals surface area contributed by atoms with E-state index in [0.717, 1.165) is 54.4 Å². The first-order valence-electron chi connectivity index (χ1n) is 9.28. The van der Waals surface area contributed by atoms with Gasteiger partial charge in [-0.15, -0.1) is 0 Å². The fourth-order valence-corrected chi connectivity index (χ4v) is 3.94. The summed E-state index contributed by atoms with van der Waals surface area (Å²) < 4.78 is 2.15. The molecule has 2 N–H and O–H groups in total. The first-order valence-corrected chi connectivity index (χ1v) is 9.28. The number of carbonyl (C=O) groups is 1. The predicted octanol–water partition coefficient (Wildman–Crippen LogP) is 3.55. The van der Waals surface area contributed by atoms with E-state index in [-0.39, 0.29) is 17.5 Å². The standard InChI is InChI=1S/C21H23N3O2/c1-2-12-24-13-16(14-6-3-4-9-19(14)24)21(26)23-18-8-5-7-17-15(18)10-11-20(25)22-17/h3-4,6,9-11,13,18H,2,5,7-8,12H2,1H3,(H,22,25)(H,23,26)/t18-/m0/s1. The molecule has 1 aliphatic rings. The number of nitrogens with zero attached hydrogens (tertiary/aromatic N) is 1. The maximum absolute atomic E-state index is 13.0. The second-order valence-corrected chi connectivity index (χ2v) is 6.93. The van der Waals surface area contributed by atoms with Crippen LogP contribution in [0, 0.1) is 0 Å². The van der Waals surface area contributed by atoms with Crippen LogP contribution in [0.15, 0.2) is 47.4 Å². The summed E-state index contributed by atoms with van der Waals surface area (Å²) in [4.78, 5) is 27.5. The molecule has 0 radical (unpaired) electrons. The Morgan fingerprint density at radius 2 is 2.12 bits per heavy atom. The van der Waals surface area contributed by atoms with E-state index in [1.807, 2.05) is 30.5 Å². The molecule has 0 aliphatic heterocycles. The molecule has 0 fully saturated rings. The smallest absolute Gasteiger partial charge is 0.253 e. The van der Waals surface area contributed by atoms with Gasteiger partial charge in [-0.3, -0.25) is 9.59 Å².